The summed E-state index contributed by atoms with van der Waals surface area (Å²) in [4.78, 5) is 28.2. The molecule has 148 valence electrons. The average molecular weight is 399 g/mol. The van der Waals surface area contributed by atoms with Crippen LogP contribution in [0, 0.1) is 5.92 Å². The molecule has 0 bridgehead atoms. The Morgan fingerprint density at radius 3 is 2.79 bits per heavy atom. The normalized spacial score (nSPS) is 18.2. The van der Waals surface area contributed by atoms with Crippen LogP contribution in [0.5, 0.6) is 0 Å². The number of hydrogen-bond acceptors (Lipinski definition) is 4. The van der Waals surface area contributed by atoms with Crippen LogP contribution in [0.25, 0.3) is 6.08 Å². The van der Waals surface area contributed by atoms with E-state index in [9.17, 15) is 9.59 Å². The number of fused-ring (bicyclic) bond motifs is 1. The molecule has 0 atom stereocenters. The number of carbonyl (C=O) groups is 1. The van der Waals surface area contributed by atoms with Gasteiger partial charge in [0.2, 0.25) is 5.91 Å². The number of pyridine rings is 1. The van der Waals surface area contributed by atoms with Crippen LogP contribution in [0.4, 0.5) is 0 Å². The van der Waals surface area contributed by atoms with Crippen LogP contribution >= 0.6 is 11.3 Å². The van der Waals surface area contributed by atoms with Crippen molar-refractivity contribution in [3.63, 3.8) is 0 Å². The van der Waals surface area contributed by atoms with E-state index in [0.29, 0.717) is 19.0 Å². The summed E-state index contributed by atoms with van der Waals surface area (Å²) in [6, 6.07) is 7.62. The van der Waals surface area contributed by atoms with Gasteiger partial charge < -0.3 is 14.2 Å². The van der Waals surface area contributed by atoms with Crippen LogP contribution in [0.3, 0.4) is 0 Å². The van der Waals surface area contributed by atoms with Gasteiger partial charge in [-0.05, 0) is 48.3 Å². The van der Waals surface area contributed by atoms with Crippen molar-refractivity contribution in [2.45, 2.75) is 32.2 Å². The molecule has 1 fully saturated rings. The van der Waals surface area contributed by atoms with E-state index >= 15 is 0 Å². The molecule has 1 amide bonds. The van der Waals surface area contributed by atoms with Gasteiger partial charge in [0.15, 0.2) is 0 Å². The zero-order valence-electron chi connectivity index (χ0n) is 16.0. The summed E-state index contributed by atoms with van der Waals surface area (Å²) in [5, 5.41) is 2.00. The van der Waals surface area contributed by atoms with E-state index in [2.05, 4.69) is 0 Å². The molecule has 28 heavy (non-hydrogen) atoms. The Morgan fingerprint density at radius 1 is 1.18 bits per heavy atom. The van der Waals surface area contributed by atoms with E-state index in [-0.39, 0.29) is 11.5 Å². The Labute approximate surface area is 169 Å². The molecule has 0 aromatic carbocycles. The van der Waals surface area contributed by atoms with Crippen LogP contribution in [-0.2, 0) is 28.9 Å². The van der Waals surface area contributed by atoms with Crippen molar-refractivity contribution in [3.05, 3.63) is 62.2 Å². The Kier molecular flexibility index (Phi) is 6.07. The Hall–Kier alpha value is -2.18. The zero-order chi connectivity index (χ0) is 19.3. The van der Waals surface area contributed by atoms with Crippen LogP contribution < -0.4 is 5.56 Å². The van der Waals surface area contributed by atoms with Crippen molar-refractivity contribution >= 4 is 23.3 Å². The van der Waals surface area contributed by atoms with Crippen LogP contribution in [0.15, 0.2) is 40.5 Å². The molecule has 2 aliphatic heterocycles. The summed E-state index contributed by atoms with van der Waals surface area (Å²) in [6.45, 7) is 3.67. The number of carbonyl (C=O) groups excluding carboxylic acids is 1. The predicted octanol–water partition coefficient (Wildman–Crippen LogP) is 2.98. The minimum Gasteiger partial charge on any atom is -0.381 e. The maximum absolute atomic E-state index is 12.6. The third-order valence-corrected chi connectivity index (χ3v) is 6.52. The number of hydrogen-bond donors (Lipinski definition) is 0. The Bertz CT molecular complexity index is 895. The lowest BCUT2D eigenvalue weighted by molar-refractivity contribution is -0.125. The quantitative estimate of drug-likeness (QED) is 0.744. The third kappa shape index (κ3) is 4.45. The van der Waals surface area contributed by atoms with Crippen molar-refractivity contribution in [2.75, 3.05) is 26.3 Å². The fourth-order valence-corrected chi connectivity index (χ4v) is 4.67. The lowest BCUT2D eigenvalue weighted by atomic mass is 9.99. The highest BCUT2D eigenvalue weighted by molar-refractivity contribution is 7.10. The molecule has 5 nitrogen and oxygen atoms in total. The monoisotopic (exact) mass is 398 g/mol. The van der Waals surface area contributed by atoms with E-state index in [1.165, 1.54) is 5.56 Å². The molecule has 0 saturated carbocycles. The Morgan fingerprint density at radius 2 is 2.00 bits per heavy atom. The first-order chi connectivity index (χ1) is 13.7. The molecule has 6 heteroatoms. The fourth-order valence-electron chi connectivity index (χ4n) is 4.05. The maximum Gasteiger partial charge on any atom is 0.250 e. The minimum atomic E-state index is 0.0412. The van der Waals surface area contributed by atoms with E-state index in [1.807, 2.05) is 39.1 Å². The van der Waals surface area contributed by atoms with Gasteiger partial charge in [-0.15, -0.1) is 11.3 Å². The van der Waals surface area contributed by atoms with E-state index < -0.39 is 0 Å². The van der Waals surface area contributed by atoms with Gasteiger partial charge in [-0.2, -0.15) is 0 Å². The lowest BCUT2D eigenvalue weighted by Gasteiger charge is -2.25. The average Bonchev–Trinajstić information content (AvgIpc) is 3.14. The summed E-state index contributed by atoms with van der Waals surface area (Å²) in [7, 11) is 0. The number of rotatable bonds is 4. The summed E-state index contributed by atoms with van der Waals surface area (Å²) < 4.78 is 7.41. The molecule has 2 aromatic heterocycles. The van der Waals surface area contributed by atoms with E-state index in [1.54, 1.807) is 23.5 Å². The summed E-state index contributed by atoms with van der Waals surface area (Å²) >= 11 is 1.62. The van der Waals surface area contributed by atoms with Gasteiger partial charge in [0.1, 0.15) is 0 Å². The smallest absolute Gasteiger partial charge is 0.250 e. The minimum absolute atomic E-state index is 0.0412. The van der Waals surface area contributed by atoms with Crippen molar-refractivity contribution in [2.24, 2.45) is 5.92 Å². The zero-order valence-corrected chi connectivity index (χ0v) is 16.8. The number of nitrogens with zero attached hydrogens (tertiary/aromatic N) is 2. The van der Waals surface area contributed by atoms with Gasteiger partial charge in [-0.1, -0.05) is 12.1 Å². The van der Waals surface area contributed by atoms with Gasteiger partial charge in [-0.25, -0.2) is 0 Å². The molecule has 0 radical (unpaired) electrons. The molecule has 1 saturated heterocycles. The second kappa shape index (κ2) is 8.88. The highest BCUT2D eigenvalue weighted by atomic mass is 32.1. The molecule has 0 N–H and O–H groups in total. The fraction of sp³-hybridized carbons (Fsp3) is 0.455. The third-order valence-electron chi connectivity index (χ3n) is 5.69. The first kappa shape index (κ1) is 19.2. The van der Waals surface area contributed by atoms with Gasteiger partial charge in [-0.3, -0.25) is 9.59 Å². The highest BCUT2D eigenvalue weighted by Gasteiger charge is 2.22. The van der Waals surface area contributed by atoms with Gasteiger partial charge >= 0.3 is 0 Å². The van der Waals surface area contributed by atoms with Crippen molar-refractivity contribution in [1.82, 2.24) is 9.47 Å². The summed E-state index contributed by atoms with van der Waals surface area (Å²) in [5.74, 6) is 0.534. The van der Waals surface area contributed by atoms with Crippen LogP contribution in [-0.4, -0.2) is 41.7 Å². The molecule has 2 aromatic rings. The van der Waals surface area contributed by atoms with E-state index in [0.717, 1.165) is 56.0 Å². The number of ether oxygens (including phenoxy) is 1. The first-order valence-electron chi connectivity index (χ1n) is 10.0. The van der Waals surface area contributed by atoms with E-state index in [4.69, 9.17) is 4.74 Å². The van der Waals surface area contributed by atoms with Crippen molar-refractivity contribution in [3.8, 4) is 0 Å². The summed E-state index contributed by atoms with van der Waals surface area (Å²) in [6.07, 6.45) is 7.08. The highest BCUT2D eigenvalue weighted by Crippen LogP contribution is 2.20. The van der Waals surface area contributed by atoms with Gasteiger partial charge in [0.05, 0.1) is 0 Å². The molecule has 2 aliphatic rings. The van der Waals surface area contributed by atoms with Crippen molar-refractivity contribution < 1.29 is 9.53 Å². The van der Waals surface area contributed by atoms with Crippen LogP contribution in [0.2, 0.25) is 0 Å². The maximum atomic E-state index is 12.6. The lowest BCUT2D eigenvalue weighted by Crippen LogP contribution is -2.32. The van der Waals surface area contributed by atoms with Gasteiger partial charge in [0.25, 0.3) is 5.56 Å². The number of amides is 1. The molecule has 0 spiro atoms. The standard InChI is InChI=1S/C22H26N2O3S/c25-21(6-4-19-2-1-15-28-19)23-11-7-18-3-5-22(26)24(20(18)8-12-23)16-17-9-13-27-14-10-17/h1-6,15,17H,7-14,16H2/b6-4+. The molecular weight excluding hydrogens is 372 g/mol. The van der Waals surface area contributed by atoms with Gasteiger partial charge in [0, 0.05) is 62.0 Å². The predicted molar refractivity (Wildman–Crippen MR) is 112 cm³/mol. The SMILES string of the molecule is O=C(/C=C/c1cccs1)N1CCc2ccc(=O)n(CC3CCOCC3)c2CC1. The number of thiophene rings is 1. The molecule has 0 unspecified atom stereocenters. The second-order valence-corrected chi connectivity index (χ2v) is 8.46. The first-order valence-corrected chi connectivity index (χ1v) is 10.9. The Balaban J connectivity index is 1.48. The molecular formula is C22H26N2O3S. The molecule has 0 aliphatic carbocycles. The molecule has 4 rings (SSSR count). The topological polar surface area (TPSA) is 51.5 Å². The molecule has 4 heterocycles. The van der Waals surface area contributed by atoms with Crippen molar-refractivity contribution in [1.29, 1.82) is 0 Å². The van der Waals surface area contributed by atoms with Crippen LogP contribution in [0.1, 0.15) is 29.0 Å². The summed E-state index contributed by atoms with van der Waals surface area (Å²) in [5.41, 5.74) is 2.38. The largest absolute Gasteiger partial charge is 0.381 e. The number of aromatic nitrogens is 1. The second-order valence-electron chi connectivity index (χ2n) is 7.48.